The summed E-state index contributed by atoms with van der Waals surface area (Å²) in [6, 6.07) is 7.76. The number of hydrogen-bond acceptors (Lipinski definition) is 4. The molecule has 0 aromatic heterocycles. The van der Waals surface area contributed by atoms with Gasteiger partial charge in [-0.1, -0.05) is 12.1 Å². The molecular weight excluding hydrogens is 230 g/mol. The Hall–Kier alpha value is -1.73. The van der Waals surface area contributed by atoms with Gasteiger partial charge in [-0.25, -0.2) is 0 Å². The van der Waals surface area contributed by atoms with Crippen LogP contribution in [-0.4, -0.2) is 26.4 Å². The molecule has 1 heterocycles. The average Bonchev–Trinajstić information content (AvgIpc) is 2.41. The van der Waals surface area contributed by atoms with E-state index in [0.717, 1.165) is 25.0 Å². The lowest BCUT2D eigenvalue weighted by atomic mass is 10.1. The minimum absolute atomic E-state index is 0.0741. The summed E-state index contributed by atoms with van der Waals surface area (Å²) < 4.78 is 16.6. The van der Waals surface area contributed by atoms with Gasteiger partial charge in [-0.2, -0.15) is 5.26 Å². The number of benzene rings is 1. The van der Waals surface area contributed by atoms with Crippen LogP contribution in [0.15, 0.2) is 18.2 Å². The second kappa shape index (κ2) is 6.27. The van der Waals surface area contributed by atoms with Gasteiger partial charge in [0, 0.05) is 12.2 Å². The fraction of sp³-hybridized carbons (Fsp3) is 0.500. The van der Waals surface area contributed by atoms with Crippen LogP contribution < -0.4 is 9.47 Å². The van der Waals surface area contributed by atoms with Crippen LogP contribution in [0.4, 0.5) is 0 Å². The number of methoxy groups -OCH3 is 1. The van der Waals surface area contributed by atoms with E-state index in [-0.39, 0.29) is 6.10 Å². The van der Waals surface area contributed by atoms with Gasteiger partial charge in [-0.05, 0) is 18.9 Å². The molecule has 0 saturated carbocycles. The van der Waals surface area contributed by atoms with Crippen LogP contribution in [0.5, 0.6) is 11.5 Å². The highest BCUT2D eigenvalue weighted by molar-refractivity contribution is 5.47. The molecule has 1 aromatic carbocycles. The molecule has 96 valence electrons. The minimum atomic E-state index is 0.0741. The Bertz CT molecular complexity index is 433. The van der Waals surface area contributed by atoms with Crippen LogP contribution in [0.3, 0.4) is 0 Å². The second-order valence-electron chi connectivity index (χ2n) is 4.24. The average molecular weight is 247 g/mol. The number of nitrogens with zero attached hydrogens (tertiary/aromatic N) is 1. The highest BCUT2D eigenvalue weighted by Crippen LogP contribution is 2.32. The van der Waals surface area contributed by atoms with E-state index in [2.05, 4.69) is 6.07 Å². The predicted octanol–water partition coefficient (Wildman–Crippen LogP) is 2.32. The molecule has 1 aliphatic rings. The summed E-state index contributed by atoms with van der Waals surface area (Å²) >= 11 is 0. The molecule has 1 unspecified atom stereocenters. The molecule has 1 saturated heterocycles. The van der Waals surface area contributed by atoms with Crippen molar-refractivity contribution in [2.24, 2.45) is 0 Å². The quantitative estimate of drug-likeness (QED) is 0.819. The lowest BCUT2D eigenvalue weighted by molar-refractivity contribution is 0.00640. The van der Waals surface area contributed by atoms with E-state index in [1.807, 2.05) is 18.2 Å². The van der Waals surface area contributed by atoms with E-state index in [1.165, 1.54) is 0 Å². The van der Waals surface area contributed by atoms with Gasteiger partial charge in [0.25, 0.3) is 0 Å². The number of rotatable bonds is 4. The normalized spacial score (nSPS) is 19.0. The topological polar surface area (TPSA) is 51.5 Å². The van der Waals surface area contributed by atoms with Gasteiger partial charge >= 0.3 is 0 Å². The zero-order valence-electron chi connectivity index (χ0n) is 10.5. The maximum Gasteiger partial charge on any atom is 0.164 e. The van der Waals surface area contributed by atoms with Crippen LogP contribution in [0.1, 0.15) is 18.4 Å². The zero-order chi connectivity index (χ0) is 12.8. The molecule has 2 rings (SSSR count). The van der Waals surface area contributed by atoms with E-state index in [1.54, 1.807) is 7.11 Å². The molecule has 1 aromatic rings. The SMILES string of the molecule is COc1c(CC#N)cccc1OC1CCCOC1. The zero-order valence-corrected chi connectivity index (χ0v) is 10.5. The fourth-order valence-electron chi connectivity index (χ4n) is 2.09. The van der Waals surface area contributed by atoms with Gasteiger partial charge in [0.2, 0.25) is 0 Å². The Balaban J connectivity index is 2.15. The molecule has 0 N–H and O–H groups in total. The van der Waals surface area contributed by atoms with Crippen molar-refractivity contribution < 1.29 is 14.2 Å². The highest BCUT2D eigenvalue weighted by atomic mass is 16.5. The third-order valence-corrected chi connectivity index (χ3v) is 2.95. The van der Waals surface area contributed by atoms with Crippen molar-refractivity contribution in [3.8, 4) is 17.6 Å². The Morgan fingerprint density at radius 1 is 1.50 bits per heavy atom. The molecule has 1 fully saturated rings. The van der Waals surface area contributed by atoms with Crippen molar-refractivity contribution in [2.45, 2.75) is 25.4 Å². The smallest absolute Gasteiger partial charge is 0.164 e. The Morgan fingerprint density at radius 2 is 2.39 bits per heavy atom. The van der Waals surface area contributed by atoms with E-state index < -0.39 is 0 Å². The summed E-state index contributed by atoms with van der Waals surface area (Å²) in [6.07, 6.45) is 2.41. The molecule has 0 spiro atoms. The lowest BCUT2D eigenvalue weighted by Gasteiger charge is -2.24. The summed E-state index contributed by atoms with van der Waals surface area (Å²) in [5.74, 6) is 1.35. The monoisotopic (exact) mass is 247 g/mol. The molecule has 0 bridgehead atoms. The number of para-hydroxylation sites is 1. The summed E-state index contributed by atoms with van der Waals surface area (Å²) in [5, 5.41) is 8.79. The van der Waals surface area contributed by atoms with Crippen LogP contribution in [-0.2, 0) is 11.2 Å². The van der Waals surface area contributed by atoms with Gasteiger partial charge in [0.1, 0.15) is 6.10 Å². The molecule has 0 radical (unpaired) electrons. The van der Waals surface area contributed by atoms with Crippen LogP contribution >= 0.6 is 0 Å². The number of hydrogen-bond donors (Lipinski definition) is 0. The standard InChI is InChI=1S/C14H17NO3/c1-16-14-11(7-8-15)4-2-6-13(14)18-12-5-3-9-17-10-12/h2,4,6,12H,3,5,7,9-10H2,1H3. The highest BCUT2D eigenvalue weighted by Gasteiger charge is 2.18. The number of nitriles is 1. The van der Waals surface area contributed by atoms with Gasteiger partial charge in [-0.15, -0.1) is 0 Å². The maximum absolute atomic E-state index is 8.79. The molecule has 18 heavy (non-hydrogen) atoms. The minimum Gasteiger partial charge on any atom is -0.493 e. The Kier molecular flexibility index (Phi) is 4.43. The summed E-state index contributed by atoms with van der Waals surface area (Å²) in [7, 11) is 1.60. The second-order valence-corrected chi connectivity index (χ2v) is 4.24. The van der Waals surface area contributed by atoms with E-state index in [0.29, 0.717) is 24.5 Å². The number of ether oxygens (including phenoxy) is 3. The summed E-state index contributed by atoms with van der Waals surface area (Å²) in [5.41, 5.74) is 0.856. The van der Waals surface area contributed by atoms with Gasteiger partial charge < -0.3 is 14.2 Å². The van der Waals surface area contributed by atoms with Crippen molar-refractivity contribution in [3.63, 3.8) is 0 Å². The largest absolute Gasteiger partial charge is 0.493 e. The molecule has 4 heteroatoms. The first kappa shape index (κ1) is 12.7. The van der Waals surface area contributed by atoms with Crippen molar-refractivity contribution in [3.05, 3.63) is 23.8 Å². The first-order chi connectivity index (χ1) is 8.85. The Morgan fingerprint density at radius 3 is 3.06 bits per heavy atom. The van der Waals surface area contributed by atoms with Crippen LogP contribution in [0.2, 0.25) is 0 Å². The molecule has 1 aliphatic heterocycles. The Labute approximate surface area is 107 Å². The van der Waals surface area contributed by atoms with Gasteiger partial charge in [0.15, 0.2) is 11.5 Å². The van der Waals surface area contributed by atoms with E-state index in [9.17, 15) is 0 Å². The lowest BCUT2D eigenvalue weighted by Crippen LogP contribution is -2.28. The first-order valence-electron chi connectivity index (χ1n) is 6.12. The molecule has 0 aliphatic carbocycles. The first-order valence-corrected chi connectivity index (χ1v) is 6.12. The molecule has 0 amide bonds. The van der Waals surface area contributed by atoms with Gasteiger partial charge in [-0.3, -0.25) is 0 Å². The van der Waals surface area contributed by atoms with E-state index in [4.69, 9.17) is 19.5 Å². The third-order valence-electron chi connectivity index (χ3n) is 2.95. The third kappa shape index (κ3) is 2.93. The maximum atomic E-state index is 8.79. The summed E-state index contributed by atoms with van der Waals surface area (Å²) in [4.78, 5) is 0. The fourth-order valence-corrected chi connectivity index (χ4v) is 2.09. The van der Waals surface area contributed by atoms with E-state index >= 15 is 0 Å². The van der Waals surface area contributed by atoms with Crippen molar-refractivity contribution >= 4 is 0 Å². The van der Waals surface area contributed by atoms with Crippen molar-refractivity contribution in [2.75, 3.05) is 20.3 Å². The molecule has 1 atom stereocenters. The van der Waals surface area contributed by atoms with Crippen molar-refractivity contribution in [1.29, 1.82) is 5.26 Å². The predicted molar refractivity (Wildman–Crippen MR) is 66.8 cm³/mol. The van der Waals surface area contributed by atoms with Crippen molar-refractivity contribution in [1.82, 2.24) is 0 Å². The molecular formula is C14H17NO3. The summed E-state index contributed by atoms with van der Waals surface area (Å²) in [6.45, 7) is 1.43. The molecule has 4 nitrogen and oxygen atoms in total. The van der Waals surface area contributed by atoms with Gasteiger partial charge in [0.05, 0.1) is 26.2 Å². The van der Waals surface area contributed by atoms with Crippen LogP contribution in [0.25, 0.3) is 0 Å². The van der Waals surface area contributed by atoms with Crippen LogP contribution in [0, 0.1) is 11.3 Å².